The molecule has 1 N–H and O–H groups in total. The van der Waals surface area contributed by atoms with Gasteiger partial charge in [0.2, 0.25) is 5.75 Å². The molecule has 0 aliphatic heterocycles. The van der Waals surface area contributed by atoms with Crippen LogP contribution in [0.1, 0.15) is 21.5 Å². The van der Waals surface area contributed by atoms with Crippen molar-refractivity contribution in [3.05, 3.63) is 53.1 Å². The largest absolute Gasteiger partial charge is 0.493 e. The van der Waals surface area contributed by atoms with Crippen LogP contribution >= 0.6 is 0 Å². The number of carbonyl (C=O) groups excluding carboxylic acids is 1. The highest BCUT2D eigenvalue weighted by Crippen LogP contribution is 2.38. The molecule has 9 heteroatoms. The summed E-state index contributed by atoms with van der Waals surface area (Å²) in [6.07, 6.45) is -3.34. The van der Waals surface area contributed by atoms with Gasteiger partial charge in [-0.05, 0) is 29.8 Å². The van der Waals surface area contributed by atoms with E-state index in [-0.39, 0.29) is 22.6 Å². The third-order valence-corrected chi connectivity index (χ3v) is 3.52. The Hall–Kier alpha value is -3.23. The van der Waals surface area contributed by atoms with E-state index in [9.17, 15) is 18.0 Å². The number of ether oxygens (including phenoxy) is 3. The smallest absolute Gasteiger partial charge is 0.416 e. The summed E-state index contributed by atoms with van der Waals surface area (Å²) in [5.41, 5.74) is 1.80. The van der Waals surface area contributed by atoms with Gasteiger partial charge in [-0.1, -0.05) is 12.1 Å². The summed E-state index contributed by atoms with van der Waals surface area (Å²) in [6, 6.07) is 7.42. The molecule has 0 unspecified atom stereocenters. The van der Waals surface area contributed by atoms with E-state index in [0.717, 1.165) is 18.3 Å². The standard InChI is InChI=1S/C18H17F3N2O4/c1-25-14-8-12(9-15(26-2)16(14)27-3)17(24)23-22-10-11-5-4-6-13(7-11)18(19,20)21/h4-10H,1-3H3,(H,23,24)/b22-10+. The molecule has 6 nitrogen and oxygen atoms in total. The van der Waals surface area contributed by atoms with Gasteiger partial charge >= 0.3 is 6.18 Å². The Morgan fingerprint density at radius 2 is 1.67 bits per heavy atom. The van der Waals surface area contributed by atoms with E-state index in [1.165, 1.54) is 45.6 Å². The number of hydrogen-bond acceptors (Lipinski definition) is 5. The number of methoxy groups -OCH3 is 3. The zero-order chi connectivity index (χ0) is 20.0. The lowest BCUT2D eigenvalue weighted by Gasteiger charge is -2.13. The predicted octanol–water partition coefficient (Wildman–Crippen LogP) is 3.50. The second kappa shape index (κ2) is 8.43. The van der Waals surface area contributed by atoms with Crippen molar-refractivity contribution in [2.45, 2.75) is 6.18 Å². The molecule has 1 amide bonds. The number of nitrogens with zero attached hydrogens (tertiary/aromatic N) is 1. The number of hydrazone groups is 1. The fourth-order valence-corrected chi connectivity index (χ4v) is 2.24. The lowest BCUT2D eigenvalue weighted by molar-refractivity contribution is -0.137. The second-order valence-electron chi connectivity index (χ2n) is 5.24. The van der Waals surface area contributed by atoms with Gasteiger partial charge in [0, 0.05) is 5.56 Å². The number of amides is 1. The summed E-state index contributed by atoms with van der Waals surface area (Å²) < 4.78 is 53.6. The summed E-state index contributed by atoms with van der Waals surface area (Å²) in [6.45, 7) is 0. The number of hydrogen-bond donors (Lipinski definition) is 1. The van der Waals surface area contributed by atoms with E-state index in [2.05, 4.69) is 10.5 Å². The van der Waals surface area contributed by atoms with Gasteiger partial charge in [0.05, 0.1) is 33.1 Å². The van der Waals surface area contributed by atoms with Gasteiger partial charge in [-0.15, -0.1) is 0 Å². The van der Waals surface area contributed by atoms with E-state index >= 15 is 0 Å². The molecular formula is C18H17F3N2O4. The first-order valence-corrected chi connectivity index (χ1v) is 7.60. The van der Waals surface area contributed by atoms with Crippen LogP contribution in [-0.4, -0.2) is 33.5 Å². The van der Waals surface area contributed by atoms with Crippen LogP contribution in [0.2, 0.25) is 0 Å². The average Bonchev–Trinajstić information content (AvgIpc) is 2.66. The zero-order valence-corrected chi connectivity index (χ0v) is 14.8. The molecule has 0 radical (unpaired) electrons. The van der Waals surface area contributed by atoms with Crippen molar-refractivity contribution in [2.24, 2.45) is 5.10 Å². The molecule has 2 aromatic rings. The van der Waals surface area contributed by atoms with Crippen LogP contribution in [0, 0.1) is 0 Å². The van der Waals surface area contributed by atoms with Crippen LogP contribution in [0.5, 0.6) is 17.2 Å². The van der Waals surface area contributed by atoms with E-state index < -0.39 is 17.6 Å². The van der Waals surface area contributed by atoms with Crippen molar-refractivity contribution in [3.8, 4) is 17.2 Å². The molecule has 0 spiro atoms. The first kappa shape index (κ1) is 20.1. The molecule has 0 saturated carbocycles. The predicted molar refractivity (Wildman–Crippen MR) is 92.6 cm³/mol. The molecule has 0 aliphatic rings. The van der Waals surface area contributed by atoms with Crippen LogP contribution in [0.3, 0.4) is 0 Å². The molecule has 0 bridgehead atoms. The third-order valence-electron chi connectivity index (χ3n) is 3.52. The van der Waals surface area contributed by atoms with Crippen LogP contribution < -0.4 is 19.6 Å². The molecule has 0 aromatic heterocycles. The number of benzene rings is 2. The maximum Gasteiger partial charge on any atom is 0.416 e. The summed E-state index contributed by atoms with van der Waals surface area (Å²) in [5.74, 6) is 0.286. The highest BCUT2D eigenvalue weighted by molar-refractivity contribution is 5.96. The average molecular weight is 382 g/mol. The molecule has 0 heterocycles. The van der Waals surface area contributed by atoms with Crippen molar-refractivity contribution in [1.29, 1.82) is 0 Å². The van der Waals surface area contributed by atoms with Gasteiger partial charge in [0.15, 0.2) is 11.5 Å². The second-order valence-corrected chi connectivity index (χ2v) is 5.24. The first-order chi connectivity index (χ1) is 12.8. The van der Waals surface area contributed by atoms with Crippen molar-refractivity contribution >= 4 is 12.1 Å². The minimum Gasteiger partial charge on any atom is -0.493 e. The van der Waals surface area contributed by atoms with E-state index in [1.807, 2.05) is 0 Å². The Kier molecular flexibility index (Phi) is 6.27. The summed E-state index contributed by atoms with van der Waals surface area (Å²) in [5, 5.41) is 3.69. The van der Waals surface area contributed by atoms with E-state index in [0.29, 0.717) is 5.75 Å². The highest BCUT2D eigenvalue weighted by atomic mass is 19.4. The molecular weight excluding hydrogens is 365 g/mol. The van der Waals surface area contributed by atoms with Gasteiger partial charge in [-0.2, -0.15) is 18.3 Å². The minimum atomic E-state index is -4.46. The normalized spacial score (nSPS) is 11.3. The Labute approximate surface area is 153 Å². The van der Waals surface area contributed by atoms with E-state index in [1.54, 1.807) is 0 Å². The zero-order valence-electron chi connectivity index (χ0n) is 14.8. The number of halogens is 3. The molecule has 0 saturated heterocycles. The molecule has 0 fully saturated rings. The molecule has 27 heavy (non-hydrogen) atoms. The van der Waals surface area contributed by atoms with Crippen molar-refractivity contribution in [3.63, 3.8) is 0 Å². The maximum atomic E-state index is 12.7. The molecule has 144 valence electrons. The van der Waals surface area contributed by atoms with Crippen LogP contribution in [-0.2, 0) is 6.18 Å². The van der Waals surface area contributed by atoms with Crippen LogP contribution in [0.25, 0.3) is 0 Å². The Balaban J connectivity index is 2.17. The lowest BCUT2D eigenvalue weighted by atomic mass is 10.1. The number of carbonyl (C=O) groups is 1. The SMILES string of the molecule is COc1cc(C(=O)N/N=C/c2cccc(C(F)(F)F)c2)cc(OC)c1OC. The highest BCUT2D eigenvalue weighted by Gasteiger charge is 2.30. The first-order valence-electron chi connectivity index (χ1n) is 7.60. The number of rotatable bonds is 6. The topological polar surface area (TPSA) is 69.2 Å². The quantitative estimate of drug-likeness (QED) is 0.613. The van der Waals surface area contributed by atoms with Gasteiger partial charge in [0.1, 0.15) is 0 Å². The summed E-state index contributed by atoms with van der Waals surface area (Å²) in [7, 11) is 4.25. The van der Waals surface area contributed by atoms with Crippen molar-refractivity contribution in [2.75, 3.05) is 21.3 Å². The maximum absolute atomic E-state index is 12.7. The molecule has 0 atom stereocenters. The molecule has 2 rings (SSSR count). The molecule has 2 aromatic carbocycles. The lowest BCUT2D eigenvalue weighted by Crippen LogP contribution is -2.18. The Morgan fingerprint density at radius 1 is 1.04 bits per heavy atom. The van der Waals surface area contributed by atoms with Crippen LogP contribution in [0.4, 0.5) is 13.2 Å². The van der Waals surface area contributed by atoms with Crippen molar-refractivity contribution < 1.29 is 32.2 Å². The number of alkyl halides is 3. The molecule has 0 aliphatic carbocycles. The van der Waals surface area contributed by atoms with Gasteiger partial charge in [0.25, 0.3) is 5.91 Å². The summed E-state index contributed by atoms with van der Waals surface area (Å²) in [4.78, 5) is 12.2. The fourth-order valence-electron chi connectivity index (χ4n) is 2.24. The van der Waals surface area contributed by atoms with Crippen molar-refractivity contribution in [1.82, 2.24) is 5.43 Å². The number of nitrogens with one attached hydrogen (secondary N) is 1. The van der Waals surface area contributed by atoms with Crippen LogP contribution in [0.15, 0.2) is 41.5 Å². The van der Waals surface area contributed by atoms with Gasteiger partial charge in [-0.3, -0.25) is 4.79 Å². The Morgan fingerprint density at radius 3 is 2.19 bits per heavy atom. The Bertz CT molecular complexity index is 826. The van der Waals surface area contributed by atoms with Gasteiger partial charge in [-0.25, -0.2) is 5.43 Å². The monoisotopic (exact) mass is 382 g/mol. The fraction of sp³-hybridized carbons (Fsp3) is 0.222. The minimum absolute atomic E-state index is 0.172. The summed E-state index contributed by atoms with van der Waals surface area (Å²) >= 11 is 0. The third kappa shape index (κ3) is 4.90. The van der Waals surface area contributed by atoms with E-state index in [4.69, 9.17) is 14.2 Å². The van der Waals surface area contributed by atoms with Gasteiger partial charge < -0.3 is 14.2 Å².